The molecule has 154 valence electrons. The number of aromatic nitrogens is 3. The molecule has 3 rings (SSSR count). The second-order valence-corrected chi connectivity index (χ2v) is 13.8. The van der Waals surface area contributed by atoms with E-state index in [1.165, 1.54) is 17.9 Å². The fourth-order valence-electron chi connectivity index (χ4n) is 3.11. The van der Waals surface area contributed by atoms with Gasteiger partial charge < -0.3 is 18.6 Å². The van der Waals surface area contributed by atoms with Crippen molar-refractivity contribution >= 4 is 30.7 Å². The number of para-hydroxylation sites is 1. The van der Waals surface area contributed by atoms with Crippen LogP contribution in [0.1, 0.15) is 26.7 Å². The first kappa shape index (κ1) is 21.0. The molecule has 0 aliphatic rings. The van der Waals surface area contributed by atoms with Gasteiger partial charge in [0.15, 0.2) is 5.82 Å². The fraction of sp³-hybridized carbons (Fsp3) is 0.381. The lowest BCUT2D eigenvalue weighted by Crippen LogP contribution is -2.22. The molecule has 0 amide bonds. The number of benzene rings is 1. The average molecular weight is 414 g/mol. The first-order valence-electron chi connectivity index (χ1n) is 9.53. The van der Waals surface area contributed by atoms with Gasteiger partial charge in [0.05, 0.1) is 24.4 Å². The molecule has 2 heterocycles. The molecule has 3 aromatic rings. The first-order chi connectivity index (χ1) is 13.7. The summed E-state index contributed by atoms with van der Waals surface area (Å²) in [4.78, 5) is 29.2. The SMILES string of the molecule is COC(=O)c1cnc(C(=O)c2cn(COCC[Si](C)(C)C)c3ccccc23)n1C. The molecule has 0 atom stereocenters. The van der Waals surface area contributed by atoms with Crippen LogP contribution >= 0.6 is 0 Å². The Balaban J connectivity index is 1.89. The van der Waals surface area contributed by atoms with Crippen molar-refractivity contribution in [1.82, 2.24) is 14.1 Å². The molecule has 1 aromatic carbocycles. The predicted octanol–water partition coefficient (Wildman–Crippen LogP) is 3.70. The molecule has 0 saturated heterocycles. The molecule has 8 heteroatoms. The van der Waals surface area contributed by atoms with Crippen molar-refractivity contribution in [2.75, 3.05) is 13.7 Å². The zero-order valence-corrected chi connectivity index (χ0v) is 18.6. The molecule has 7 nitrogen and oxygen atoms in total. The Labute approximate surface area is 171 Å². The van der Waals surface area contributed by atoms with Gasteiger partial charge in [-0.15, -0.1) is 0 Å². The summed E-state index contributed by atoms with van der Waals surface area (Å²) in [6.45, 7) is 8.02. The van der Waals surface area contributed by atoms with E-state index in [2.05, 4.69) is 24.6 Å². The fourth-order valence-corrected chi connectivity index (χ4v) is 3.87. The van der Waals surface area contributed by atoms with Crippen LogP contribution in [0.5, 0.6) is 0 Å². The van der Waals surface area contributed by atoms with Gasteiger partial charge in [-0.3, -0.25) is 4.79 Å². The maximum atomic E-state index is 13.2. The molecule has 0 unspecified atom stereocenters. The van der Waals surface area contributed by atoms with E-state index in [0.29, 0.717) is 18.9 Å². The van der Waals surface area contributed by atoms with Gasteiger partial charge in [-0.2, -0.15) is 0 Å². The number of esters is 1. The maximum absolute atomic E-state index is 13.2. The standard InChI is InChI=1S/C21H27N3O4Si/c1-23-18(21(26)27-2)12-22-20(23)19(25)16-13-24(14-28-10-11-29(3,4)5)17-9-7-6-8-15(16)17/h6-9,12-13H,10-11,14H2,1-5H3. The summed E-state index contributed by atoms with van der Waals surface area (Å²) in [7, 11) is 1.77. The first-order valence-corrected chi connectivity index (χ1v) is 13.2. The molecule has 0 radical (unpaired) electrons. The summed E-state index contributed by atoms with van der Waals surface area (Å²) in [5, 5.41) is 0.828. The molecule has 0 N–H and O–H groups in total. The number of hydrogen-bond acceptors (Lipinski definition) is 5. The third-order valence-corrected chi connectivity index (χ3v) is 6.55. The molecule has 2 aromatic heterocycles. The van der Waals surface area contributed by atoms with E-state index in [9.17, 15) is 9.59 Å². The highest BCUT2D eigenvalue weighted by atomic mass is 28.3. The highest BCUT2D eigenvalue weighted by Crippen LogP contribution is 2.24. The third-order valence-electron chi connectivity index (χ3n) is 4.85. The second kappa shape index (κ2) is 8.34. The zero-order chi connectivity index (χ0) is 21.2. The molecule has 0 bridgehead atoms. The number of rotatable bonds is 8. The number of imidazole rings is 1. The Bertz CT molecular complexity index is 1050. The van der Waals surface area contributed by atoms with Crippen molar-refractivity contribution in [3.05, 3.63) is 53.7 Å². The smallest absolute Gasteiger partial charge is 0.356 e. The number of hydrogen-bond donors (Lipinski definition) is 0. The van der Waals surface area contributed by atoms with Gasteiger partial charge in [0, 0.05) is 33.3 Å². The highest BCUT2D eigenvalue weighted by Gasteiger charge is 2.23. The molecule has 0 saturated carbocycles. The number of ketones is 1. The second-order valence-electron chi connectivity index (χ2n) is 8.22. The van der Waals surface area contributed by atoms with Crippen LogP contribution in [0.25, 0.3) is 10.9 Å². The van der Waals surface area contributed by atoms with Crippen LogP contribution in [0, 0.1) is 0 Å². The quantitative estimate of drug-likeness (QED) is 0.244. The molecule has 0 aliphatic carbocycles. The normalized spacial score (nSPS) is 11.8. The van der Waals surface area contributed by atoms with E-state index in [-0.39, 0.29) is 17.3 Å². The van der Waals surface area contributed by atoms with Gasteiger partial charge in [0.2, 0.25) is 5.78 Å². The molecular weight excluding hydrogens is 386 g/mol. The topological polar surface area (TPSA) is 75.3 Å². The van der Waals surface area contributed by atoms with E-state index < -0.39 is 14.0 Å². The maximum Gasteiger partial charge on any atom is 0.356 e. The average Bonchev–Trinajstić information content (AvgIpc) is 3.24. The summed E-state index contributed by atoms with van der Waals surface area (Å²) < 4.78 is 14.0. The zero-order valence-electron chi connectivity index (χ0n) is 17.6. The van der Waals surface area contributed by atoms with E-state index >= 15 is 0 Å². The van der Waals surface area contributed by atoms with Gasteiger partial charge in [-0.1, -0.05) is 37.8 Å². The Morgan fingerprint density at radius 1 is 1.17 bits per heavy atom. The van der Waals surface area contributed by atoms with Gasteiger partial charge in [0.1, 0.15) is 12.4 Å². The molecule has 0 spiro atoms. The van der Waals surface area contributed by atoms with Gasteiger partial charge in [0.25, 0.3) is 0 Å². The van der Waals surface area contributed by atoms with E-state index in [1.54, 1.807) is 13.2 Å². The number of nitrogens with zero attached hydrogens (tertiary/aromatic N) is 3. The number of carbonyl (C=O) groups is 2. The summed E-state index contributed by atoms with van der Waals surface area (Å²) in [6, 6.07) is 8.79. The van der Waals surface area contributed by atoms with Crippen LogP contribution < -0.4 is 0 Å². The van der Waals surface area contributed by atoms with Gasteiger partial charge >= 0.3 is 5.97 Å². The summed E-state index contributed by atoms with van der Waals surface area (Å²) >= 11 is 0. The largest absolute Gasteiger partial charge is 0.464 e. The lowest BCUT2D eigenvalue weighted by Gasteiger charge is -2.15. The number of methoxy groups -OCH3 is 1. The Kier molecular flexibility index (Phi) is 6.04. The molecular formula is C21H27N3O4Si. The monoisotopic (exact) mass is 413 g/mol. The van der Waals surface area contributed by atoms with Crippen molar-refractivity contribution in [3.8, 4) is 0 Å². The van der Waals surface area contributed by atoms with Crippen LogP contribution in [-0.2, 0) is 23.3 Å². The number of carbonyl (C=O) groups excluding carboxylic acids is 2. The van der Waals surface area contributed by atoms with Crippen molar-refractivity contribution in [1.29, 1.82) is 0 Å². The Hall–Kier alpha value is -2.71. The Morgan fingerprint density at radius 2 is 1.90 bits per heavy atom. The van der Waals surface area contributed by atoms with Crippen LogP contribution in [0.3, 0.4) is 0 Å². The summed E-state index contributed by atoms with van der Waals surface area (Å²) in [5.41, 5.74) is 1.68. The third kappa shape index (κ3) is 4.49. The molecule has 0 aliphatic heterocycles. The van der Waals surface area contributed by atoms with Gasteiger partial charge in [-0.25, -0.2) is 9.78 Å². The van der Waals surface area contributed by atoms with Gasteiger partial charge in [-0.05, 0) is 12.1 Å². The highest BCUT2D eigenvalue weighted by molar-refractivity contribution is 6.76. The molecule has 0 fully saturated rings. The minimum atomic E-state index is -1.16. The van der Waals surface area contributed by atoms with Crippen molar-refractivity contribution in [2.45, 2.75) is 32.4 Å². The number of fused-ring (bicyclic) bond motifs is 1. The van der Waals surface area contributed by atoms with Crippen molar-refractivity contribution in [3.63, 3.8) is 0 Å². The van der Waals surface area contributed by atoms with E-state index in [4.69, 9.17) is 9.47 Å². The van der Waals surface area contributed by atoms with E-state index in [1.807, 2.05) is 28.8 Å². The van der Waals surface area contributed by atoms with Crippen LogP contribution in [0.4, 0.5) is 0 Å². The van der Waals surface area contributed by atoms with Crippen LogP contribution in [0.15, 0.2) is 36.7 Å². The van der Waals surface area contributed by atoms with Crippen molar-refractivity contribution in [2.24, 2.45) is 7.05 Å². The minimum absolute atomic E-state index is 0.188. The van der Waals surface area contributed by atoms with E-state index in [0.717, 1.165) is 16.9 Å². The van der Waals surface area contributed by atoms with Crippen LogP contribution in [-0.4, -0.2) is 47.7 Å². The summed E-state index contributed by atoms with van der Waals surface area (Å²) in [6.07, 6.45) is 3.16. The number of ether oxygens (including phenoxy) is 2. The Morgan fingerprint density at radius 3 is 2.59 bits per heavy atom. The minimum Gasteiger partial charge on any atom is -0.464 e. The molecule has 29 heavy (non-hydrogen) atoms. The lowest BCUT2D eigenvalue weighted by molar-refractivity contribution is 0.0589. The van der Waals surface area contributed by atoms with Crippen LogP contribution in [0.2, 0.25) is 25.7 Å². The summed E-state index contributed by atoms with van der Waals surface area (Å²) in [5.74, 6) is -0.593. The lowest BCUT2D eigenvalue weighted by atomic mass is 10.1. The predicted molar refractivity (Wildman–Crippen MR) is 114 cm³/mol. The van der Waals surface area contributed by atoms with Crippen molar-refractivity contribution < 1.29 is 19.1 Å².